The summed E-state index contributed by atoms with van der Waals surface area (Å²) >= 11 is 0. The van der Waals surface area contributed by atoms with Crippen LogP contribution in [0.3, 0.4) is 0 Å². The number of imidazole rings is 1. The third-order valence-corrected chi connectivity index (χ3v) is 6.90. The van der Waals surface area contributed by atoms with E-state index in [9.17, 15) is 14.4 Å². The number of fused-ring (bicyclic) bond motifs is 1. The number of aromatic nitrogens is 2. The highest BCUT2D eigenvalue weighted by Gasteiger charge is 2.34. The van der Waals surface area contributed by atoms with Gasteiger partial charge in [0.25, 0.3) is 17.7 Å². The van der Waals surface area contributed by atoms with Gasteiger partial charge in [-0.2, -0.15) is 0 Å². The summed E-state index contributed by atoms with van der Waals surface area (Å²) in [6.07, 6.45) is 1.75. The van der Waals surface area contributed by atoms with Gasteiger partial charge in [-0.3, -0.25) is 23.9 Å². The number of benzene rings is 3. The molecule has 40 heavy (non-hydrogen) atoms. The third kappa shape index (κ3) is 5.05. The zero-order valence-corrected chi connectivity index (χ0v) is 22.7. The molecule has 0 fully saturated rings. The van der Waals surface area contributed by atoms with Crippen LogP contribution in [-0.4, -0.2) is 70.4 Å². The van der Waals surface area contributed by atoms with Crippen LogP contribution in [0, 0.1) is 0 Å². The van der Waals surface area contributed by atoms with Crippen molar-refractivity contribution in [2.24, 2.45) is 0 Å². The Balaban J connectivity index is 1.34. The van der Waals surface area contributed by atoms with Crippen LogP contribution in [0.5, 0.6) is 11.5 Å². The lowest BCUT2D eigenvalue weighted by Gasteiger charge is -2.16. The predicted octanol–water partition coefficient (Wildman–Crippen LogP) is 4.70. The Bertz CT molecular complexity index is 1500. The molecule has 0 atom stereocenters. The highest BCUT2D eigenvalue weighted by molar-refractivity contribution is 6.21. The second-order valence-electron chi connectivity index (χ2n) is 9.18. The van der Waals surface area contributed by atoms with Crippen LogP contribution in [-0.2, 0) is 0 Å². The first kappa shape index (κ1) is 26.7. The molecule has 1 aliphatic heterocycles. The van der Waals surface area contributed by atoms with E-state index in [1.807, 2.05) is 54.8 Å². The number of rotatable bonds is 10. The van der Waals surface area contributed by atoms with E-state index in [-0.39, 0.29) is 30.9 Å². The number of hydrogen-bond acceptors (Lipinski definition) is 6. The van der Waals surface area contributed by atoms with E-state index in [1.165, 1.54) is 4.90 Å². The van der Waals surface area contributed by atoms with Crippen LogP contribution >= 0.6 is 0 Å². The molecule has 3 amide bonds. The summed E-state index contributed by atoms with van der Waals surface area (Å²) in [7, 11) is 1.61. The van der Waals surface area contributed by atoms with Gasteiger partial charge >= 0.3 is 0 Å². The van der Waals surface area contributed by atoms with Crippen LogP contribution in [0.2, 0.25) is 0 Å². The minimum atomic E-state index is -0.305. The number of carbonyl (C=O) groups excluding carboxylic acids is 3. The van der Waals surface area contributed by atoms with E-state index in [0.717, 1.165) is 17.0 Å². The van der Waals surface area contributed by atoms with Crippen molar-refractivity contribution in [2.45, 2.75) is 13.8 Å². The van der Waals surface area contributed by atoms with Gasteiger partial charge < -0.3 is 14.4 Å². The summed E-state index contributed by atoms with van der Waals surface area (Å²) in [5, 5.41) is 0. The quantitative estimate of drug-likeness (QED) is 0.272. The van der Waals surface area contributed by atoms with Crippen molar-refractivity contribution in [3.8, 4) is 28.6 Å². The van der Waals surface area contributed by atoms with E-state index < -0.39 is 0 Å². The highest BCUT2D eigenvalue weighted by Crippen LogP contribution is 2.27. The summed E-state index contributed by atoms with van der Waals surface area (Å²) in [6.45, 7) is 5.37. The van der Waals surface area contributed by atoms with Crippen molar-refractivity contribution >= 4 is 17.7 Å². The molecule has 3 aromatic carbocycles. The maximum absolute atomic E-state index is 13.1. The Morgan fingerprint density at radius 2 is 1.45 bits per heavy atom. The summed E-state index contributed by atoms with van der Waals surface area (Å²) in [4.78, 5) is 45.9. The number of ether oxygens (including phenoxy) is 2. The fourth-order valence-corrected chi connectivity index (χ4v) is 4.70. The van der Waals surface area contributed by atoms with Crippen molar-refractivity contribution in [3.63, 3.8) is 0 Å². The molecule has 5 rings (SSSR count). The van der Waals surface area contributed by atoms with Crippen molar-refractivity contribution in [3.05, 3.63) is 95.8 Å². The third-order valence-electron chi connectivity index (χ3n) is 6.90. The van der Waals surface area contributed by atoms with Gasteiger partial charge in [0, 0.05) is 30.5 Å². The number of imide groups is 1. The van der Waals surface area contributed by atoms with Crippen LogP contribution in [0.4, 0.5) is 0 Å². The first-order valence-electron chi connectivity index (χ1n) is 13.2. The minimum absolute atomic E-state index is 0.133. The minimum Gasteiger partial charge on any atom is -0.497 e. The standard InChI is InChI=1S/C31H30N4O5/c1-4-33(5-2)31(38)27-20-35(28(32-27)21-10-14-23(39-3)15-11-21)22-12-16-24(17-13-22)40-19-18-34-29(36)25-8-6-7-9-26(25)30(34)37/h6-17,20H,4-5,18-19H2,1-3H3. The number of carbonyl (C=O) groups is 3. The fourth-order valence-electron chi connectivity index (χ4n) is 4.70. The monoisotopic (exact) mass is 538 g/mol. The zero-order chi connectivity index (χ0) is 28.2. The highest BCUT2D eigenvalue weighted by atomic mass is 16.5. The van der Waals surface area contributed by atoms with Crippen molar-refractivity contribution < 1.29 is 23.9 Å². The number of amides is 3. The summed E-state index contributed by atoms with van der Waals surface area (Å²) < 4.78 is 13.0. The average Bonchev–Trinajstić information content (AvgIpc) is 3.54. The Labute approximate surface area is 232 Å². The molecule has 2 heterocycles. The lowest BCUT2D eigenvalue weighted by atomic mass is 10.1. The molecule has 0 radical (unpaired) electrons. The van der Waals surface area contributed by atoms with Crippen molar-refractivity contribution in [1.82, 2.24) is 19.4 Å². The maximum Gasteiger partial charge on any atom is 0.274 e. The van der Waals surface area contributed by atoms with Crippen LogP contribution in [0.15, 0.2) is 79.0 Å². The molecule has 0 spiro atoms. The molecule has 4 aromatic rings. The molecule has 0 saturated carbocycles. The zero-order valence-electron chi connectivity index (χ0n) is 22.7. The molecule has 0 bridgehead atoms. The largest absolute Gasteiger partial charge is 0.497 e. The Morgan fingerprint density at radius 3 is 2.02 bits per heavy atom. The Kier molecular flexibility index (Phi) is 7.63. The van der Waals surface area contributed by atoms with Crippen LogP contribution in [0.1, 0.15) is 45.1 Å². The Hall–Kier alpha value is -4.92. The molecule has 0 unspecified atom stereocenters. The SMILES string of the molecule is CCN(CC)C(=O)c1cn(-c2ccc(OCCN3C(=O)c4ccccc4C3=O)cc2)c(-c2ccc(OC)cc2)n1. The second kappa shape index (κ2) is 11.4. The molecule has 1 aromatic heterocycles. The smallest absolute Gasteiger partial charge is 0.274 e. The molecule has 9 heteroatoms. The summed E-state index contributed by atoms with van der Waals surface area (Å²) in [6, 6.07) is 21.7. The van der Waals surface area contributed by atoms with Gasteiger partial charge in [-0.15, -0.1) is 0 Å². The number of methoxy groups -OCH3 is 1. The summed E-state index contributed by atoms with van der Waals surface area (Å²) in [5.74, 6) is 1.19. The van der Waals surface area contributed by atoms with E-state index in [4.69, 9.17) is 14.5 Å². The van der Waals surface area contributed by atoms with Gasteiger partial charge in [-0.05, 0) is 74.5 Å². The first-order valence-corrected chi connectivity index (χ1v) is 13.2. The van der Waals surface area contributed by atoms with Crippen molar-refractivity contribution in [2.75, 3.05) is 33.4 Å². The molecule has 9 nitrogen and oxygen atoms in total. The molecule has 204 valence electrons. The predicted molar refractivity (Wildman–Crippen MR) is 150 cm³/mol. The molecular formula is C31H30N4O5. The average molecular weight is 539 g/mol. The lowest BCUT2D eigenvalue weighted by Crippen LogP contribution is -2.33. The normalized spacial score (nSPS) is 12.4. The molecule has 1 aliphatic rings. The van der Waals surface area contributed by atoms with Gasteiger partial charge in [0.15, 0.2) is 0 Å². The topological polar surface area (TPSA) is 94.0 Å². The van der Waals surface area contributed by atoms with Gasteiger partial charge in [0.05, 0.1) is 24.8 Å². The number of nitrogens with zero attached hydrogens (tertiary/aromatic N) is 4. The lowest BCUT2D eigenvalue weighted by molar-refractivity contribution is 0.0630. The van der Waals surface area contributed by atoms with E-state index in [0.29, 0.717) is 41.5 Å². The maximum atomic E-state index is 13.1. The fraction of sp³-hybridized carbons (Fsp3) is 0.226. The van der Waals surface area contributed by atoms with Gasteiger partial charge in [-0.25, -0.2) is 4.98 Å². The second-order valence-corrected chi connectivity index (χ2v) is 9.18. The summed E-state index contributed by atoms with van der Waals surface area (Å²) in [5.41, 5.74) is 2.83. The molecule has 0 saturated heterocycles. The van der Waals surface area contributed by atoms with E-state index in [1.54, 1.807) is 54.6 Å². The van der Waals surface area contributed by atoms with Crippen LogP contribution < -0.4 is 9.47 Å². The Morgan fingerprint density at radius 1 is 0.850 bits per heavy atom. The van der Waals surface area contributed by atoms with Gasteiger partial charge in [-0.1, -0.05) is 12.1 Å². The van der Waals surface area contributed by atoms with Gasteiger partial charge in [0.1, 0.15) is 29.6 Å². The van der Waals surface area contributed by atoms with E-state index >= 15 is 0 Å². The molecular weight excluding hydrogens is 508 g/mol. The molecule has 0 N–H and O–H groups in total. The number of hydrogen-bond donors (Lipinski definition) is 0. The molecule has 0 aliphatic carbocycles. The first-order chi connectivity index (χ1) is 19.4. The van der Waals surface area contributed by atoms with Gasteiger partial charge in [0.2, 0.25) is 0 Å². The van der Waals surface area contributed by atoms with E-state index in [2.05, 4.69) is 0 Å². The van der Waals surface area contributed by atoms with Crippen LogP contribution in [0.25, 0.3) is 17.1 Å². The van der Waals surface area contributed by atoms with Crippen molar-refractivity contribution in [1.29, 1.82) is 0 Å².